The molecule has 0 unspecified atom stereocenters. The maximum atomic E-state index is 13.7. The largest absolute Gasteiger partial charge is 0.344 e. The molecule has 0 bridgehead atoms. The van der Waals surface area contributed by atoms with Crippen LogP contribution in [0.3, 0.4) is 0 Å². The lowest BCUT2D eigenvalue weighted by atomic mass is 10.1. The summed E-state index contributed by atoms with van der Waals surface area (Å²) in [6, 6.07) is 12.3. The van der Waals surface area contributed by atoms with Crippen molar-refractivity contribution in [2.24, 2.45) is 0 Å². The van der Waals surface area contributed by atoms with Crippen molar-refractivity contribution in [3.8, 4) is 0 Å². The molecule has 1 aromatic heterocycles. The van der Waals surface area contributed by atoms with Gasteiger partial charge in [0.1, 0.15) is 17.5 Å². The van der Waals surface area contributed by atoms with E-state index < -0.39 is 17.7 Å². The predicted molar refractivity (Wildman–Crippen MR) is 97.8 cm³/mol. The molecule has 1 heterocycles. The van der Waals surface area contributed by atoms with Gasteiger partial charge in [0.25, 0.3) is 0 Å². The summed E-state index contributed by atoms with van der Waals surface area (Å²) in [5.41, 5.74) is 0.740. The highest BCUT2D eigenvalue weighted by molar-refractivity contribution is 8.00. The van der Waals surface area contributed by atoms with Gasteiger partial charge in [-0.15, -0.1) is 23.1 Å². The van der Waals surface area contributed by atoms with Crippen molar-refractivity contribution >= 4 is 29.0 Å². The summed E-state index contributed by atoms with van der Waals surface area (Å²) >= 11 is 2.39. The molecule has 3 aromatic rings. The van der Waals surface area contributed by atoms with Gasteiger partial charge in [0.15, 0.2) is 0 Å². The van der Waals surface area contributed by atoms with Crippen LogP contribution in [0.5, 0.6) is 0 Å². The van der Waals surface area contributed by atoms with Crippen LogP contribution in [0.2, 0.25) is 0 Å². The van der Waals surface area contributed by atoms with Crippen LogP contribution in [-0.4, -0.2) is 11.7 Å². The number of thiophene rings is 1. The Kier molecular flexibility index (Phi) is 6.00. The first kappa shape index (κ1) is 18.5. The number of hydrogen-bond donors (Lipinski definition) is 1. The van der Waals surface area contributed by atoms with E-state index >= 15 is 0 Å². The van der Waals surface area contributed by atoms with Gasteiger partial charge in [-0.25, -0.2) is 13.2 Å². The maximum Gasteiger partial charge on any atom is 0.231 e. The third-order valence-electron chi connectivity index (χ3n) is 3.59. The highest BCUT2D eigenvalue weighted by Gasteiger charge is 2.18. The van der Waals surface area contributed by atoms with Crippen molar-refractivity contribution in [1.29, 1.82) is 0 Å². The average Bonchev–Trinajstić information content (AvgIpc) is 3.16. The van der Waals surface area contributed by atoms with Crippen LogP contribution in [-0.2, 0) is 4.79 Å². The molecule has 1 amide bonds. The summed E-state index contributed by atoms with van der Waals surface area (Å²) in [4.78, 5) is 13.3. The van der Waals surface area contributed by atoms with Crippen molar-refractivity contribution in [3.63, 3.8) is 0 Å². The molecule has 0 aliphatic rings. The minimum atomic E-state index is -0.572. The standard InChI is InChI=1S/C19H14F3NOS2/c20-13-5-3-12(4-6-13)19(16-2-1-9-25-16)23-18(24)11-26-17-10-14(21)7-8-15(17)22/h1-10,19H,11H2,(H,23,24)/t19-/m1/s1. The third kappa shape index (κ3) is 4.68. The summed E-state index contributed by atoms with van der Waals surface area (Å²) < 4.78 is 40.0. The molecule has 26 heavy (non-hydrogen) atoms. The molecule has 0 spiro atoms. The molecule has 2 aromatic carbocycles. The number of carbonyl (C=O) groups is 1. The number of thioether (sulfide) groups is 1. The van der Waals surface area contributed by atoms with E-state index in [1.165, 1.54) is 23.5 Å². The summed E-state index contributed by atoms with van der Waals surface area (Å²) in [6.45, 7) is 0. The Balaban J connectivity index is 1.71. The fraction of sp³-hybridized carbons (Fsp3) is 0.105. The lowest BCUT2D eigenvalue weighted by Crippen LogP contribution is -2.30. The van der Waals surface area contributed by atoms with Gasteiger partial charge in [0, 0.05) is 9.77 Å². The Morgan fingerprint density at radius 3 is 2.46 bits per heavy atom. The fourth-order valence-electron chi connectivity index (χ4n) is 2.36. The van der Waals surface area contributed by atoms with E-state index in [-0.39, 0.29) is 22.4 Å². The van der Waals surface area contributed by atoms with Gasteiger partial charge in [-0.05, 0) is 47.3 Å². The number of rotatable bonds is 6. The molecule has 3 rings (SSSR count). The molecule has 7 heteroatoms. The number of carbonyl (C=O) groups excluding carboxylic acids is 1. The van der Waals surface area contributed by atoms with Crippen LogP contribution in [0.15, 0.2) is 64.9 Å². The SMILES string of the molecule is O=C(CSc1cc(F)ccc1F)N[C@H](c1ccc(F)cc1)c1cccs1. The summed E-state index contributed by atoms with van der Waals surface area (Å²) in [7, 11) is 0. The van der Waals surface area contributed by atoms with Crippen LogP contribution in [0.1, 0.15) is 16.5 Å². The Labute approximate surface area is 157 Å². The van der Waals surface area contributed by atoms with E-state index in [1.54, 1.807) is 12.1 Å². The third-order valence-corrected chi connectivity index (χ3v) is 5.56. The monoisotopic (exact) mass is 393 g/mol. The normalized spacial score (nSPS) is 12.0. The zero-order valence-electron chi connectivity index (χ0n) is 13.4. The highest BCUT2D eigenvalue weighted by Crippen LogP contribution is 2.27. The van der Waals surface area contributed by atoms with Crippen LogP contribution in [0, 0.1) is 17.5 Å². The molecule has 0 aliphatic heterocycles. The lowest BCUT2D eigenvalue weighted by molar-refractivity contribution is -0.119. The Bertz CT molecular complexity index is 882. The van der Waals surface area contributed by atoms with Crippen LogP contribution in [0.25, 0.3) is 0 Å². The van der Waals surface area contributed by atoms with E-state index in [9.17, 15) is 18.0 Å². The zero-order chi connectivity index (χ0) is 18.5. The smallest absolute Gasteiger partial charge is 0.231 e. The summed E-state index contributed by atoms with van der Waals surface area (Å²) in [5.74, 6) is -1.89. The van der Waals surface area contributed by atoms with Crippen molar-refractivity contribution < 1.29 is 18.0 Å². The first-order valence-corrected chi connectivity index (χ1v) is 9.55. The lowest BCUT2D eigenvalue weighted by Gasteiger charge is -2.18. The van der Waals surface area contributed by atoms with Gasteiger partial charge >= 0.3 is 0 Å². The molecule has 0 saturated heterocycles. The van der Waals surface area contributed by atoms with E-state index in [4.69, 9.17) is 0 Å². The quantitative estimate of drug-likeness (QED) is 0.586. The second-order valence-corrected chi connectivity index (χ2v) is 7.43. The van der Waals surface area contributed by atoms with Gasteiger partial charge in [-0.3, -0.25) is 4.79 Å². The van der Waals surface area contributed by atoms with Gasteiger partial charge in [0.05, 0.1) is 11.8 Å². The second-order valence-electron chi connectivity index (χ2n) is 5.43. The Morgan fingerprint density at radius 2 is 1.77 bits per heavy atom. The minimum absolute atomic E-state index is 0.0660. The first-order valence-electron chi connectivity index (χ1n) is 7.69. The molecule has 134 valence electrons. The molecular weight excluding hydrogens is 379 g/mol. The number of benzene rings is 2. The minimum Gasteiger partial charge on any atom is -0.344 e. The van der Waals surface area contributed by atoms with Crippen molar-refractivity contribution in [2.45, 2.75) is 10.9 Å². The summed E-state index contributed by atoms with van der Waals surface area (Å²) in [6.07, 6.45) is 0. The summed E-state index contributed by atoms with van der Waals surface area (Å²) in [5, 5.41) is 4.76. The molecule has 0 aliphatic carbocycles. The topological polar surface area (TPSA) is 29.1 Å². The van der Waals surface area contributed by atoms with Crippen LogP contribution < -0.4 is 5.32 Å². The molecule has 1 atom stereocenters. The van der Waals surface area contributed by atoms with Gasteiger partial charge in [-0.1, -0.05) is 18.2 Å². The molecular formula is C19H14F3NOS2. The van der Waals surface area contributed by atoms with Crippen molar-refractivity contribution in [1.82, 2.24) is 5.32 Å². The van der Waals surface area contributed by atoms with E-state index in [0.29, 0.717) is 0 Å². The Morgan fingerprint density at radius 1 is 1.04 bits per heavy atom. The van der Waals surface area contributed by atoms with Crippen molar-refractivity contribution in [2.75, 3.05) is 5.75 Å². The number of halogens is 3. The highest BCUT2D eigenvalue weighted by atomic mass is 32.2. The fourth-order valence-corrected chi connectivity index (χ4v) is 3.94. The van der Waals surface area contributed by atoms with Crippen LogP contribution >= 0.6 is 23.1 Å². The second kappa shape index (κ2) is 8.42. The first-order chi connectivity index (χ1) is 12.5. The van der Waals surface area contributed by atoms with E-state index in [2.05, 4.69) is 5.32 Å². The molecule has 0 radical (unpaired) electrons. The predicted octanol–water partition coefficient (Wildman–Crippen LogP) is 5.16. The Hall–Kier alpha value is -2.25. The molecule has 0 saturated carbocycles. The zero-order valence-corrected chi connectivity index (χ0v) is 15.0. The molecule has 1 N–H and O–H groups in total. The number of nitrogens with one attached hydrogen (secondary N) is 1. The van der Waals surface area contributed by atoms with Gasteiger partial charge in [-0.2, -0.15) is 0 Å². The molecule has 0 fully saturated rings. The number of hydrogen-bond acceptors (Lipinski definition) is 3. The van der Waals surface area contributed by atoms with E-state index in [0.717, 1.165) is 40.4 Å². The van der Waals surface area contributed by atoms with Crippen LogP contribution in [0.4, 0.5) is 13.2 Å². The molecule has 2 nitrogen and oxygen atoms in total. The van der Waals surface area contributed by atoms with Gasteiger partial charge in [0.2, 0.25) is 5.91 Å². The maximum absolute atomic E-state index is 13.7. The van der Waals surface area contributed by atoms with Crippen molar-refractivity contribution in [3.05, 3.63) is 87.9 Å². The van der Waals surface area contributed by atoms with Gasteiger partial charge < -0.3 is 5.32 Å². The average molecular weight is 393 g/mol. The number of amides is 1. The van der Waals surface area contributed by atoms with E-state index in [1.807, 2.05) is 17.5 Å².